The van der Waals surface area contributed by atoms with Crippen LogP contribution in [-0.4, -0.2) is 10.9 Å². The number of carbonyl (C=O) groups excluding carboxylic acids is 1. The van der Waals surface area contributed by atoms with E-state index in [0.29, 0.717) is 10.6 Å². The van der Waals surface area contributed by atoms with Gasteiger partial charge in [0, 0.05) is 16.8 Å². The summed E-state index contributed by atoms with van der Waals surface area (Å²) in [4.78, 5) is 12.8. The molecule has 0 aromatic heterocycles. The summed E-state index contributed by atoms with van der Waals surface area (Å²) >= 11 is 4.98. The first-order chi connectivity index (χ1) is 9.90. The molecule has 0 unspecified atom stereocenters. The number of carbonyl (C=O) groups is 1. The third kappa shape index (κ3) is 3.28. The number of rotatable bonds is 3. The van der Waals surface area contributed by atoms with Crippen LogP contribution in [0.3, 0.4) is 0 Å². The molecule has 0 aliphatic heterocycles. The molecule has 0 atom stereocenters. The Morgan fingerprint density at radius 1 is 1.05 bits per heavy atom. The summed E-state index contributed by atoms with van der Waals surface area (Å²) in [5, 5.41) is 2.95. The van der Waals surface area contributed by atoms with Gasteiger partial charge >= 0.3 is 0 Å². The molecule has 0 aliphatic rings. The van der Waals surface area contributed by atoms with E-state index in [4.69, 9.17) is 18.0 Å². The van der Waals surface area contributed by atoms with Crippen molar-refractivity contribution in [3.63, 3.8) is 0 Å². The number of benzene rings is 2. The Labute approximate surface area is 130 Å². The Balaban J connectivity index is 2.36. The number of thiocarbonyl (C=S) groups is 1. The molecule has 0 spiro atoms. The van der Waals surface area contributed by atoms with Gasteiger partial charge in [0.05, 0.1) is 0 Å². The first-order valence-corrected chi connectivity index (χ1v) is 7.09. The molecule has 0 radical (unpaired) electrons. The van der Waals surface area contributed by atoms with Crippen molar-refractivity contribution in [1.82, 2.24) is 0 Å². The smallest absolute Gasteiger partial charge is 0.256 e. The van der Waals surface area contributed by atoms with Crippen molar-refractivity contribution in [2.45, 2.75) is 20.8 Å². The minimum absolute atomic E-state index is 0.117. The van der Waals surface area contributed by atoms with Gasteiger partial charge in [0.25, 0.3) is 5.91 Å². The predicted octanol–water partition coefficient (Wildman–Crippen LogP) is 3.50. The molecule has 2 aromatic rings. The highest BCUT2D eigenvalue weighted by atomic mass is 32.1. The summed E-state index contributed by atoms with van der Waals surface area (Å²) in [7, 11) is 0. The zero-order valence-corrected chi connectivity index (χ0v) is 13.2. The van der Waals surface area contributed by atoms with E-state index < -0.39 is 0 Å². The highest BCUT2D eigenvalue weighted by Crippen LogP contribution is 2.20. The topological polar surface area (TPSA) is 55.1 Å². The lowest BCUT2D eigenvalue weighted by Crippen LogP contribution is -2.17. The Bertz CT molecular complexity index is 702. The van der Waals surface area contributed by atoms with Crippen LogP contribution in [0.4, 0.5) is 5.69 Å². The number of hydrogen-bond donors (Lipinski definition) is 2. The molecular formula is C17H18N2OS. The summed E-state index contributed by atoms with van der Waals surface area (Å²) in [5.41, 5.74) is 10.7. The Kier molecular flexibility index (Phi) is 4.38. The van der Waals surface area contributed by atoms with Crippen LogP contribution >= 0.6 is 12.2 Å². The standard InChI is InChI=1S/C17H18N2OS/c1-10-7-8-13(16(18)21)9-14(10)19-17(20)15-11(2)5-4-6-12(15)3/h4-9H,1-3H3,(H2,18,21)(H,19,20). The highest BCUT2D eigenvalue weighted by Gasteiger charge is 2.13. The second-order valence-corrected chi connectivity index (χ2v) is 5.55. The van der Waals surface area contributed by atoms with Crippen LogP contribution < -0.4 is 11.1 Å². The van der Waals surface area contributed by atoms with E-state index in [9.17, 15) is 4.79 Å². The van der Waals surface area contributed by atoms with Crippen molar-refractivity contribution < 1.29 is 4.79 Å². The van der Waals surface area contributed by atoms with E-state index in [1.54, 1.807) is 0 Å². The lowest BCUT2D eigenvalue weighted by Gasteiger charge is -2.13. The highest BCUT2D eigenvalue weighted by molar-refractivity contribution is 7.80. The molecule has 0 saturated heterocycles. The second kappa shape index (κ2) is 6.06. The first kappa shape index (κ1) is 15.2. The molecule has 4 heteroatoms. The Morgan fingerprint density at radius 3 is 2.24 bits per heavy atom. The second-order valence-electron chi connectivity index (χ2n) is 5.11. The van der Waals surface area contributed by atoms with Gasteiger partial charge in [-0.3, -0.25) is 4.79 Å². The van der Waals surface area contributed by atoms with Crippen LogP contribution in [0.1, 0.15) is 32.6 Å². The Hall–Kier alpha value is -2.20. The minimum atomic E-state index is -0.117. The van der Waals surface area contributed by atoms with Crippen molar-refractivity contribution in [2.24, 2.45) is 5.73 Å². The summed E-state index contributed by atoms with van der Waals surface area (Å²) in [6.45, 7) is 5.80. The van der Waals surface area contributed by atoms with Gasteiger partial charge in [0.15, 0.2) is 0 Å². The van der Waals surface area contributed by atoms with Crippen LogP contribution in [0, 0.1) is 20.8 Å². The quantitative estimate of drug-likeness (QED) is 0.853. The molecule has 108 valence electrons. The summed E-state index contributed by atoms with van der Waals surface area (Å²) in [6, 6.07) is 11.4. The maximum atomic E-state index is 12.5. The molecule has 3 nitrogen and oxygen atoms in total. The number of hydrogen-bond acceptors (Lipinski definition) is 2. The summed E-state index contributed by atoms with van der Waals surface area (Å²) < 4.78 is 0. The molecule has 3 N–H and O–H groups in total. The van der Waals surface area contributed by atoms with E-state index in [0.717, 1.165) is 27.9 Å². The predicted molar refractivity (Wildman–Crippen MR) is 90.9 cm³/mol. The molecule has 1 amide bonds. The molecule has 0 bridgehead atoms. The number of aryl methyl sites for hydroxylation is 3. The number of amides is 1. The van der Waals surface area contributed by atoms with Crippen LogP contribution in [-0.2, 0) is 0 Å². The lowest BCUT2D eigenvalue weighted by molar-refractivity contribution is 0.102. The van der Waals surface area contributed by atoms with E-state index >= 15 is 0 Å². The molecule has 0 fully saturated rings. The van der Waals surface area contributed by atoms with Crippen molar-refractivity contribution in [3.05, 3.63) is 64.2 Å². The van der Waals surface area contributed by atoms with E-state index in [2.05, 4.69) is 5.32 Å². The van der Waals surface area contributed by atoms with Crippen molar-refractivity contribution in [1.29, 1.82) is 0 Å². The summed E-state index contributed by atoms with van der Waals surface area (Å²) in [5.74, 6) is -0.117. The van der Waals surface area contributed by atoms with Gasteiger partial charge in [-0.05, 0) is 43.5 Å². The number of nitrogens with two attached hydrogens (primary N) is 1. The minimum Gasteiger partial charge on any atom is -0.389 e. The van der Waals surface area contributed by atoms with Crippen LogP contribution in [0.2, 0.25) is 0 Å². The Morgan fingerprint density at radius 2 is 1.67 bits per heavy atom. The molecule has 0 saturated carbocycles. The van der Waals surface area contributed by atoms with Gasteiger partial charge in [0.1, 0.15) is 4.99 Å². The normalized spacial score (nSPS) is 10.2. The van der Waals surface area contributed by atoms with Crippen molar-refractivity contribution >= 4 is 28.8 Å². The summed E-state index contributed by atoms with van der Waals surface area (Å²) in [6.07, 6.45) is 0. The van der Waals surface area contributed by atoms with Crippen molar-refractivity contribution in [2.75, 3.05) is 5.32 Å². The van der Waals surface area contributed by atoms with Crippen LogP contribution in [0.15, 0.2) is 36.4 Å². The van der Waals surface area contributed by atoms with Gasteiger partial charge in [-0.15, -0.1) is 0 Å². The fourth-order valence-electron chi connectivity index (χ4n) is 2.27. The maximum absolute atomic E-state index is 12.5. The van der Waals surface area contributed by atoms with Gasteiger partial charge < -0.3 is 11.1 Å². The van der Waals surface area contributed by atoms with Gasteiger partial charge in [-0.25, -0.2) is 0 Å². The molecular weight excluding hydrogens is 280 g/mol. The molecule has 0 heterocycles. The zero-order valence-electron chi connectivity index (χ0n) is 12.4. The van der Waals surface area contributed by atoms with Gasteiger partial charge in [0.2, 0.25) is 0 Å². The van der Waals surface area contributed by atoms with Crippen molar-refractivity contribution in [3.8, 4) is 0 Å². The van der Waals surface area contributed by atoms with Gasteiger partial charge in [-0.1, -0.05) is 42.5 Å². The molecule has 2 aromatic carbocycles. The molecule has 2 rings (SSSR count). The average molecular weight is 298 g/mol. The van der Waals surface area contributed by atoms with E-state index in [-0.39, 0.29) is 5.91 Å². The van der Waals surface area contributed by atoms with Crippen LogP contribution in [0.25, 0.3) is 0 Å². The zero-order chi connectivity index (χ0) is 15.6. The number of nitrogens with one attached hydrogen (secondary N) is 1. The van der Waals surface area contributed by atoms with Crippen LogP contribution in [0.5, 0.6) is 0 Å². The molecule has 0 aliphatic carbocycles. The first-order valence-electron chi connectivity index (χ1n) is 6.68. The van der Waals surface area contributed by atoms with Gasteiger partial charge in [-0.2, -0.15) is 0 Å². The van der Waals surface area contributed by atoms with E-state index in [1.807, 2.05) is 57.2 Å². The molecule has 21 heavy (non-hydrogen) atoms. The fourth-order valence-corrected chi connectivity index (χ4v) is 2.39. The maximum Gasteiger partial charge on any atom is 0.256 e. The lowest BCUT2D eigenvalue weighted by atomic mass is 10.0. The third-order valence-corrected chi connectivity index (χ3v) is 3.71. The average Bonchev–Trinajstić information content (AvgIpc) is 2.40. The fraction of sp³-hybridized carbons (Fsp3) is 0.176. The SMILES string of the molecule is Cc1ccc(C(N)=S)cc1NC(=O)c1c(C)cccc1C. The van der Waals surface area contributed by atoms with E-state index in [1.165, 1.54) is 0 Å². The monoisotopic (exact) mass is 298 g/mol. The number of anilines is 1. The third-order valence-electron chi connectivity index (χ3n) is 3.48. The largest absolute Gasteiger partial charge is 0.389 e.